The molecule has 0 atom stereocenters. The molecule has 0 radical (unpaired) electrons. The van der Waals surface area contributed by atoms with E-state index in [1.165, 1.54) is 36.7 Å². The quantitative estimate of drug-likeness (QED) is 0.161. The SMILES string of the molecule is CC(C)(C)OC(=O)NCCc1ccc(-c2[nH]nc(C(F)(F)F)c2Cc2cnc(C(=O)Nc3ccc(C(=O)O)c(Cl)c3)[nH]2)nc1. The molecule has 12 nitrogen and oxygen atoms in total. The van der Waals surface area contributed by atoms with Gasteiger partial charge in [-0.25, -0.2) is 14.6 Å². The highest BCUT2D eigenvalue weighted by molar-refractivity contribution is 6.33. The van der Waals surface area contributed by atoms with Gasteiger partial charge < -0.3 is 25.5 Å². The van der Waals surface area contributed by atoms with Crippen LogP contribution in [-0.2, 0) is 23.8 Å². The molecule has 4 aromatic rings. The summed E-state index contributed by atoms with van der Waals surface area (Å²) in [6, 6.07) is 7.00. The molecule has 0 bridgehead atoms. The van der Waals surface area contributed by atoms with E-state index in [0.717, 1.165) is 5.56 Å². The summed E-state index contributed by atoms with van der Waals surface area (Å²) in [6.45, 7) is 5.50. The third-order valence-corrected chi connectivity index (χ3v) is 6.28. The zero-order chi connectivity index (χ0) is 32.2. The molecule has 44 heavy (non-hydrogen) atoms. The largest absolute Gasteiger partial charge is 0.478 e. The number of aromatic carboxylic acids is 1. The molecule has 0 fully saturated rings. The van der Waals surface area contributed by atoms with Crippen LogP contribution in [0.25, 0.3) is 11.4 Å². The van der Waals surface area contributed by atoms with Crippen molar-refractivity contribution in [2.24, 2.45) is 0 Å². The molecule has 16 heteroatoms. The number of carboxylic acids is 1. The number of anilines is 1. The van der Waals surface area contributed by atoms with Crippen molar-refractivity contribution in [1.82, 2.24) is 30.5 Å². The van der Waals surface area contributed by atoms with Crippen LogP contribution < -0.4 is 10.6 Å². The minimum Gasteiger partial charge on any atom is -0.478 e. The Morgan fingerprint density at radius 1 is 1.07 bits per heavy atom. The molecule has 2 amide bonds. The standard InChI is InChI=1S/C28H27ClF3N7O5/c1-27(2,3)44-26(43)33-9-8-14-4-7-20(34-12-14)21-18(22(39-38-21)28(30,31)32)10-16-13-35-23(36-16)24(40)37-15-5-6-17(25(41)42)19(29)11-15/h4-7,11-13H,8-10H2,1-3H3,(H,33,43)(H,35,36)(H,37,40)(H,38,39)(H,41,42). The second-order valence-electron chi connectivity index (χ2n) is 10.5. The summed E-state index contributed by atoms with van der Waals surface area (Å²) in [5.41, 5.74) is -0.811. The number of halogens is 4. The van der Waals surface area contributed by atoms with E-state index in [-0.39, 0.29) is 57.7 Å². The molecule has 232 valence electrons. The lowest BCUT2D eigenvalue weighted by Gasteiger charge is -2.19. The number of rotatable bonds is 9. The Labute approximate surface area is 253 Å². The van der Waals surface area contributed by atoms with E-state index < -0.39 is 35.4 Å². The lowest BCUT2D eigenvalue weighted by Crippen LogP contribution is -2.33. The second kappa shape index (κ2) is 12.8. The smallest absolute Gasteiger partial charge is 0.435 e. The number of hydrogen-bond donors (Lipinski definition) is 5. The fraction of sp³-hybridized carbons (Fsp3) is 0.286. The maximum Gasteiger partial charge on any atom is 0.435 e. The molecule has 0 aliphatic rings. The van der Waals surface area contributed by atoms with Gasteiger partial charge in [0.05, 0.1) is 22.0 Å². The van der Waals surface area contributed by atoms with Crippen LogP contribution >= 0.6 is 11.6 Å². The average molecular weight is 634 g/mol. The number of aromatic amines is 2. The molecule has 0 saturated heterocycles. The van der Waals surface area contributed by atoms with Crippen molar-refractivity contribution in [3.05, 3.63) is 81.7 Å². The van der Waals surface area contributed by atoms with Gasteiger partial charge in [0, 0.05) is 42.3 Å². The Hall–Kier alpha value is -4.92. The van der Waals surface area contributed by atoms with Crippen molar-refractivity contribution < 1.29 is 37.4 Å². The van der Waals surface area contributed by atoms with Crippen LogP contribution in [0.3, 0.4) is 0 Å². The normalized spacial score (nSPS) is 11.7. The van der Waals surface area contributed by atoms with Crippen LogP contribution in [0.4, 0.5) is 23.7 Å². The summed E-state index contributed by atoms with van der Waals surface area (Å²) >= 11 is 5.93. The molecule has 4 rings (SSSR count). The van der Waals surface area contributed by atoms with Gasteiger partial charge in [0.15, 0.2) is 11.5 Å². The zero-order valence-electron chi connectivity index (χ0n) is 23.6. The lowest BCUT2D eigenvalue weighted by molar-refractivity contribution is -0.141. The van der Waals surface area contributed by atoms with Gasteiger partial charge in [0.25, 0.3) is 5.91 Å². The Morgan fingerprint density at radius 2 is 1.82 bits per heavy atom. The molecule has 0 saturated carbocycles. The van der Waals surface area contributed by atoms with E-state index in [1.54, 1.807) is 26.8 Å². The Balaban J connectivity index is 1.48. The molecular weight excluding hydrogens is 607 g/mol. The van der Waals surface area contributed by atoms with Crippen molar-refractivity contribution >= 4 is 35.3 Å². The molecule has 0 aliphatic heterocycles. The molecule has 1 aromatic carbocycles. The first-order valence-electron chi connectivity index (χ1n) is 13.1. The number of carboxylic acid groups (broad SMARTS) is 1. The number of benzene rings is 1. The molecule has 0 spiro atoms. The van der Waals surface area contributed by atoms with E-state index in [2.05, 4.69) is 35.8 Å². The third kappa shape index (κ3) is 8.12. The topological polar surface area (TPSA) is 175 Å². The first kappa shape index (κ1) is 32.0. The predicted molar refractivity (Wildman–Crippen MR) is 153 cm³/mol. The summed E-state index contributed by atoms with van der Waals surface area (Å²) in [5.74, 6) is -2.16. The summed E-state index contributed by atoms with van der Waals surface area (Å²) in [4.78, 5) is 46.6. The maximum absolute atomic E-state index is 13.9. The fourth-order valence-electron chi connectivity index (χ4n) is 4.04. The number of alkyl carbamates (subject to hydrolysis) is 1. The summed E-state index contributed by atoms with van der Waals surface area (Å²) < 4.78 is 46.7. The molecular formula is C28H27ClF3N7O5. The monoisotopic (exact) mass is 633 g/mol. The van der Waals surface area contributed by atoms with Crippen LogP contribution in [0.15, 0.2) is 42.7 Å². The Kier molecular flexibility index (Phi) is 9.27. The van der Waals surface area contributed by atoms with Gasteiger partial charge in [-0.05, 0) is 57.0 Å². The van der Waals surface area contributed by atoms with Crippen molar-refractivity contribution in [3.8, 4) is 11.4 Å². The van der Waals surface area contributed by atoms with Gasteiger partial charge in [-0.1, -0.05) is 17.7 Å². The van der Waals surface area contributed by atoms with Gasteiger partial charge in [-0.3, -0.25) is 14.9 Å². The number of nitrogens with zero attached hydrogens (tertiary/aromatic N) is 3. The minimum atomic E-state index is -4.78. The maximum atomic E-state index is 13.9. The number of nitrogens with one attached hydrogen (secondary N) is 4. The number of amides is 2. The second-order valence-corrected chi connectivity index (χ2v) is 10.9. The zero-order valence-corrected chi connectivity index (χ0v) is 24.4. The highest BCUT2D eigenvalue weighted by Crippen LogP contribution is 2.35. The number of aromatic nitrogens is 5. The first-order valence-corrected chi connectivity index (χ1v) is 13.4. The van der Waals surface area contributed by atoms with Crippen LogP contribution in [0.2, 0.25) is 5.02 Å². The molecule has 5 N–H and O–H groups in total. The minimum absolute atomic E-state index is 0.0320. The number of ether oxygens (including phenoxy) is 1. The number of pyridine rings is 1. The number of alkyl halides is 3. The third-order valence-electron chi connectivity index (χ3n) is 5.97. The van der Waals surface area contributed by atoms with Gasteiger partial charge in [0.2, 0.25) is 0 Å². The van der Waals surface area contributed by atoms with E-state index in [1.807, 2.05) is 0 Å². The van der Waals surface area contributed by atoms with Crippen LogP contribution in [-0.4, -0.2) is 60.4 Å². The van der Waals surface area contributed by atoms with Gasteiger partial charge in [0.1, 0.15) is 5.60 Å². The van der Waals surface area contributed by atoms with E-state index in [0.29, 0.717) is 6.42 Å². The van der Waals surface area contributed by atoms with Crippen LogP contribution in [0.5, 0.6) is 0 Å². The van der Waals surface area contributed by atoms with Gasteiger partial charge in [-0.15, -0.1) is 0 Å². The molecule has 0 aliphatic carbocycles. The van der Waals surface area contributed by atoms with Gasteiger partial charge >= 0.3 is 18.2 Å². The number of H-pyrrole nitrogens is 2. The number of hydrogen-bond acceptors (Lipinski definition) is 7. The fourth-order valence-corrected chi connectivity index (χ4v) is 4.30. The Bertz CT molecular complexity index is 1680. The van der Waals surface area contributed by atoms with Crippen LogP contribution in [0, 0.1) is 0 Å². The predicted octanol–water partition coefficient (Wildman–Crippen LogP) is 5.48. The lowest BCUT2D eigenvalue weighted by atomic mass is 10.0. The summed E-state index contributed by atoms with van der Waals surface area (Å²) in [5, 5.41) is 20.0. The van der Waals surface area contributed by atoms with Gasteiger partial charge in [-0.2, -0.15) is 18.3 Å². The summed E-state index contributed by atoms with van der Waals surface area (Å²) in [6.07, 6.45) is -2.55. The molecule has 3 heterocycles. The first-order chi connectivity index (χ1) is 20.6. The number of imidazole rings is 1. The van der Waals surface area contributed by atoms with Crippen LogP contribution in [0.1, 0.15) is 64.3 Å². The number of carbonyl (C=O) groups is 3. The van der Waals surface area contributed by atoms with E-state index >= 15 is 0 Å². The van der Waals surface area contributed by atoms with Crippen molar-refractivity contribution in [2.75, 3.05) is 11.9 Å². The highest BCUT2D eigenvalue weighted by atomic mass is 35.5. The average Bonchev–Trinajstić information content (AvgIpc) is 3.56. The van der Waals surface area contributed by atoms with Crippen molar-refractivity contribution in [1.29, 1.82) is 0 Å². The van der Waals surface area contributed by atoms with E-state index in [4.69, 9.17) is 21.4 Å². The van der Waals surface area contributed by atoms with Crippen molar-refractivity contribution in [3.63, 3.8) is 0 Å². The molecule has 0 unspecified atom stereocenters. The highest BCUT2D eigenvalue weighted by Gasteiger charge is 2.38. The number of carbonyl (C=O) groups excluding carboxylic acids is 2. The molecule has 3 aromatic heterocycles. The van der Waals surface area contributed by atoms with E-state index in [9.17, 15) is 27.6 Å². The Morgan fingerprint density at radius 3 is 2.43 bits per heavy atom. The summed E-state index contributed by atoms with van der Waals surface area (Å²) in [7, 11) is 0. The van der Waals surface area contributed by atoms with Crippen molar-refractivity contribution in [2.45, 2.75) is 45.4 Å².